The van der Waals surface area contributed by atoms with Crippen LogP contribution in [0.15, 0.2) is 60.9 Å². The van der Waals surface area contributed by atoms with Gasteiger partial charge in [0.1, 0.15) is 0 Å². The Labute approximate surface area is 366 Å². The van der Waals surface area contributed by atoms with Gasteiger partial charge in [-0.25, -0.2) is 19.2 Å². The third kappa shape index (κ3) is 6.48. The summed E-state index contributed by atoms with van der Waals surface area (Å²) in [5, 5.41) is 0. The van der Waals surface area contributed by atoms with Crippen LogP contribution in [0.3, 0.4) is 0 Å². The summed E-state index contributed by atoms with van der Waals surface area (Å²) >= 11 is 0. The van der Waals surface area contributed by atoms with E-state index in [1.807, 2.05) is 21.9 Å². The van der Waals surface area contributed by atoms with Gasteiger partial charge < -0.3 is 37.3 Å². The lowest BCUT2D eigenvalue weighted by atomic mass is 9.61. The fourth-order valence-corrected chi connectivity index (χ4v) is 12.4. The smallest absolute Gasteiger partial charge is 0.375 e. The number of anilines is 1. The van der Waals surface area contributed by atoms with Crippen LogP contribution in [0.2, 0.25) is 0 Å². The first-order valence-electron chi connectivity index (χ1n) is 21.7. The van der Waals surface area contributed by atoms with E-state index in [9.17, 15) is 28.8 Å². The number of esters is 2. The highest BCUT2D eigenvalue weighted by molar-refractivity contribution is 6.12. The zero-order chi connectivity index (χ0) is 45.4. The first-order chi connectivity index (χ1) is 29.7. The van der Waals surface area contributed by atoms with Gasteiger partial charge in [-0.1, -0.05) is 58.9 Å². The van der Waals surface area contributed by atoms with Crippen molar-refractivity contribution in [2.24, 2.45) is 22.9 Å². The maximum atomic E-state index is 14.7. The molecule has 4 bridgehead atoms. The lowest BCUT2D eigenvalue weighted by molar-refractivity contribution is -0.167. The standard InChI is InChI=1S/C46H57N9O8/c1-42(2,3)28-12-14-29(15-13-28)55-32(30-8-6-20-53(30)45(36(47)56,38(58)62-40(49)60)43(4)22-26-10-18-34(43)51-24-26)16-17-33(55)31-9-7-21-54(31)46(37(48)57,39(59)63-41(50)61)44(5)23-27-11-19-35(44)52-25-27/h10-15,18-19,24-25,30-33H,6-9,16-17,20-23H2,1-5H3,(H2,47,56)(H2,48,57)(H2,49,60)(H2,50,61)/t30?,31?,32-,33?,43?,44?,45-,46-/m0/s1. The molecule has 17 heteroatoms. The van der Waals surface area contributed by atoms with E-state index in [2.05, 4.69) is 59.9 Å². The van der Waals surface area contributed by atoms with Crippen LogP contribution in [0.5, 0.6) is 0 Å². The zero-order valence-corrected chi connectivity index (χ0v) is 36.5. The maximum Gasteiger partial charge on any atom is 0.412 e. The number of fused-ring (bicyclic) bond motifs is 6. The Balaban J connectivity index is 1.28. The number of rotatable bonds is 11. The molecule has 0 spiro atoms. The molecule has 10 rings (SSSR count). The fourth-order valence-electron chi connectivity index (χ4n) is 12.4. The van der Waals surface area contributed by atoms with Crippen molar-refractivity contribution in [1.29, 1.82) is 0 Å². The molecule has 0 radical (unpaired) electrons. The van der Waals surface area contributed by atoms with Gasteiger partial charge in [-0.05, 0) is 97.7 Å². The van der Waals surface area contributed by atoms with Gasteiger partial charge >= 0.3 is 24.1 Å². The molecule has 8 N–H and O–H groups in total. The molecule has 4 amide bonds. The van der Waals surface area contributed by atoms with Gasteiger partial charge in [-0.15, -0.1) is 0 Å². The molecule has 1 aromatic carbocycles. The third-order valence-electron chi connectivity index (χ3n) is 15.0. The Hall–Kier alpha value is -5.94. The minimum absolute atomic E-state index is 0.167. The second-order valence-corrected chi connectivity index (χ2v) is 19.4. The van der Waals surface area contributed by atoms with E-state index in [-0.39, 0.29) is 43.4 Å². The molecule has 5 unspecified atom stereocenters. The van der Waals surface area contributed by atoms with Crippen molar-refractivity contribution < 1.29 is 38.2 Å². The molecule has 0 saturated carbocycles. The third-order valence-corrected chi connectivity index (χ3v) is 15.0. The molecular formula is C46H57N9O8. The lowest BCUT2D eigenvalue weighted by Gasteiger charge is -2.54. The molecule has 3 fully saturated rings. The topological polar surface area (TPSA) is 260 Å². The van der Waals surface area contributed by atoms with Crippen molar-refractivity contribution in [3.8, 4) is 0 Å². The number of amides is 4. The fraction of sp³-hybridized carbons (Fsp3) is 0.522. The molecule has 3 saturated heterocycles. The molecule has 334 valence electrons. The Bertz CT molecular complexity index is 2220. The van der Waals surface area contributed by atoms with Crippen LogP contribution in [0, 0.1) is 0 Å². The van der Waals surface area contributed by atoms with Crippen LogP contribution in [-0.4, -0.2) is 104 Å². The van der Waals surface area contributed by atoms with Crippen molar-refractivity contribution >= 4 is 41.6 Å². The van der Waals surface area contributed by atoms with Crippen molar-refractivity contribution in [2.75, 3.05) is 18.0 Å². The van der Waals surface area contributed by atoms with Gasteiger partial charge in [-0.2, -0.15) is 0 Å². The summed E-state index contributed by atoms with van der Waals surface area (Å²) < 4.78 is 10.4. The maximum absolute atomic E-state index is 14.7. The van der Waals surface area contributed by atoms with Crippen LogP contribution in [0.25, 0.3) is 0 Å². The van der Waals surface area contributed by atoms with Gasteiger partial charge in [0.25, 0.3) is 11.8 Å². The highest BCUT2D eigenvalue weighted by atomic mass is 16.6. The van der Waals surface area contributed by atoms with Gasteiger partial charge in [0.15, 0.2) is 0 Å². The van der Waals surface area contributed by atoms with Gasteiger partial charge in [0, 0.05) is 66.7 Å². The SMILES string of the molecule is CC(C)(C)c1ccc(N2C(C3CCCN3[C@@](C(N)=O)(C(=O)OC(N)=O)C3(C)Cc4ccc3nc4)CC[C@H]2C2CCCN2[C@@](C(N)=O)(C(=O)OC(N)=O)C2(C)Cc3ccc2nc3)cc1. The Morgan fingerprint density at radius 3 is 1.32 bits per heavy atom. The van der Waals surface area contributed by atoms with Crippen molar-refractivity contribution in [1.82, 2.24) is 19.8 Å². The summed E-state index contributed by atoms with van der Waals surface area (Å²) in [6.07, 6.45) is 4.41. The normalized spacial score (nSPS) is 28.6. The first-order valence-corrected chi connectivity index (χ1v) is 21.7. The first kappa shape index (κ1) is 43.7. The summed E-state index contributed by atoms with van der Waals surface area (Å²) in [5.41, 5.74) is 20.9. The Morgan fingerprint density at radius 2 is 1.02 bits per heavy atom. The molecule has 2 aliphatic carbocycles. The predicted octanol–water partition coefficient (Wildman–Crippen LogP) is 2.76. The van der Waals surface area contributed by atoms with Crippen LogP contribution < -0.4 is 27.8 Å². The van der Waals surface area contributed by atoms with Gasteiger partial charge in [0.05, 0.1) is 10.8 Å². The molecule has 5 aliphatic heterocycles. The lowest BCUT2D eigenvalue weighted by Crippen LogP contribution is -2.76. The molecule has 7 aliphatic rings. The van der Waals surface area contributed by atoms with E-state index < -0.39 is 69.9 Å². The minimum atomic E-state index is -2.22. The zero-order valence-electron chi connectivity index (χ0n) is 36.5. The number of hydrogen-bond acceptors (Lipinski definition) is 13. The van der Waals surface area contributed by atoms with Crippen LogP contribution in [-0.2, 0) is 57.7 Å². The van der Waals surface area contributed by atoms with Crippen LogP contribution in [0.4, 0.5) is 15.3 Å². The summed E-state index contributed by atoms with van der Waals surface area (Å²) in [6, 6.07) is 13.7. The number of carbonyl (C=O) groups excluding carboxylic acids is 6. The number of pyridine rings is 2. The van der Waals surface area contributed by atoms with E-state index in [0.29, 0.717) is 49.9 Å². The highest BCUT2D eigenvalue weighted by Gasteiger charge is 2.70. The number of nitrogens with two attached hydrogens (primary N) is 4. The summed E-state index contributed by atoms with van der Waals surface area (Å²) in [6.45, 7) is 10.4. The molecule has 7 heterocycles. The summed E-state index contributed by atoms with van der Waals surface area (Å²) in [5.74, 6) is -4.32. The second kappa shape index (κ2) is 15.4. The molecular weight excluding hydrogens is 807 g/mol. The number of aromatic nitrogens is 2. The second-order valence-electron chi connectivity index (χ2n) is 19.4. The monoisotopic (exact) mass is 863 g/mol. The summed E-state index contributed by atoms with van der Waals surface area (Å²) in [7, 11) is 0. The number of benzene rings is 1. The molecule has 3 aromatic rings. The Morgan fingerprint density at radius 1 is 0.603 bits per heavy atom. The number of ether oxygens (including phenoxy) is 2. The quantitative estimate of drug-likeness (QED) is 0.160. The largest absolute Gasteiger partial charge is 0.412 e. The highest BCUT2D eigenvalue weighted by Crippen LogP contribution is 2.52. The average molecular weight is 864 g/mol. The molecule has 63 heavy (non-hydrogen) atoms. The number of likely N-dealkylation sites (tertiary alicyclic amines) is 2. The minimum Gasteiger partial charge on any atom is -0.375 e. The number of nitrogens with zero attached hydrogens (tertiary/aromatic N) is 5. The van der Waals surface area contributed by atoms with Gasteiger partial charge in [-0.3, -0.25) is 29.4 Å². The number of primary amides is 4. The number of hydrogen-bond donors (Lipinski definition) is 4. The van der Waals surface area contributed by atoms with Gasteiger partial charge in [0.2, 0.25) is 11.1 Å². The van der Waals surface area contributed by atoms with Crippen molar-refractivity contribution in [3.05, 3.63) is 89.0 Å². The Kier molecular flexibility index (Phi) is 10.7. The van der Waals surface area contributed by atoms with E-state index >= 15 is 0 Å². The van der Waals surface area contributed by atoms with E-state index in [1.54, 1.807) is 38.4 Å². The van der Waals surface area contributed by atoms with E-state index in [4.69, 9.17) is 32.4 Å². The summed E-state index contributed by atoms with van der Waals surface area (Å²) in [4.78, 5) is 98.1. The predicted molar refractivity (Wildman–Crippen MR) is 230 cm³/mol. The van der Waals surface area contributed by atoms with E-state index in [1.165, 1.54) is 0 Å². The molecule has 8 atom stereocenters. The van der Waals surface area contributed by atoms with Crippen LogP contribution >= 0.6 is 0 Å². The average Bonchev–Trinajstić information content (AvgIpc) is 3.99. The number of carbonyl (C=O) groups is 6. The van der Waals surface area contributed by atoms with Crippen LogP contribution in [0.1, 0.15) is 101 Å². The van der Waals surface area contributed by atoms with Crippen molar-refractivity contribution in [3.63, 3.8) is 0 Å². The van der Waals surface area contributed by atoms with E-state index in [0.717, 1.165) is 22.4 Å². The van der Waals surface area contributed by atoms with Crippen molar-refractivity contribution in [2.45, 2.75) is 137 Å². The molecule has 2 aromatic heterocycles. The molecule has 17 nitrogen and oxygen atoms in total.